The van der Waals surface area contributed by atoms with Crippen LogP contribution >= 0.6 is 11.3 Å². The molecule has 5 nitrogen and oxygen atoms in total. The summed E-state index contributed by atoms with van der Waals surface area (Å²) in [7, 11) is 0. The maximum absolute atomic E-state index is 11.9. The average molecular weight is 335 g/mol. The van der Waals surface area contributed by atoms with Gasteiger partial charge in [-0.25, -0.2) is 4.98 Å². The molecule has 0 bridgehead atoms. The van der Waals surface area contributed by atoms with Gasteiger partial charge in [0, 0.05) is 49.7 Å². The minimum Gasteiger partial charge on any atom is -0.355 e. The van der Waals surface area contributed by atoms with Crippen LogP contribution in [0.15, 0.2) is 5.38 Å². The number of nitrogens with one attached hydrogen (secondary N) is 1. The number of nitrogens with zero attached hydrogens (tertiary/aromatic N) is 2. The molecule has 2 amide bonds. The number of amides is 2. The number of thiazole rings is 1. The van der Waals surface area contributed by atoms with Crippen molar-refractivity contribution in [2.75, 3.05) is 19.6 Å². The Bertz CT molecular complexity index is 568. The Morgan fingerprint density at radius 2 is 2.22 bits per heavy atom. The lowest BCUT2D eigenvalue weighted by Gasteiger charge is -2.31. The summed E-state index contributed by atoms with van der Waals surface area (Å²) in [5, 5.41) is 6.22. The van der Waals surface area contributed by atoms with Crippen molar-refractivity contribution >= 4 is 23.2 Å². The highest BCUT2D eigenvalue weighted by Gasteiger charge is 2.29. The Balaban J connectivity index is 1.49. The molecule has 1 saturated carbocycles. The van der Waals surface area contributed by atoms with Crippen LogP contribution in [0.4, 0.5) is 0 Å². The van der Waals surface area contributed by atoms with Crippen molar-refractivity contribution in [2.45, 2.75) is 51.4 Å². The lowest BCUT2D eigenvalue weighted by Crippen LogP contribution is -2.38. The van der Waals surface area contributed by atoms with Gasteiger partial charge in [-0.1, -0.05) is 6.92 Å². The first-order valence-electron chi connectivity index (χ1n) is 8.67. The van der Waals surface area contributed by atoms with Crippen LogP contribution in [-0.4, -0.2) is 41.3 Å². The molecule has 2 fully saturated rings. The number of rotatable bonds is 6. The predicted octanol–water partition coefficient (Wildman–Crippen LogP) is 2.33. The van der Waals surface area contributed by atoms with Gasteiger partial charge < -0.3 is 10.2 Å². The number of likely N-dealkylation sites (tertiary alicyclic amines) is 1. The third-order valence-electron chi connectivity index (χ3n) is 4.62. The van der Waals surface area contributed by atoms with Crippen molar-refractivity contribution in [3.05, 3.63) is 16.1 Å². The molecule has 1 aromatic rings. The molecule has 1 saturated heterocycles. The van der Waals surface area contributed by atoms with Crippen LogP contribution < -0.4 is 5.32 Å². The van der Waals surface area contributed by atoms with Crippen LogP contribution in [0.25, 0.3) is 0 Å². The highest BCUT2D eigenvalue weighted by molar-refractivity contribution is 7.09. The number of carbonyl (C=O) groups is 2. The molecular weight excluding hydrogens is 310 g/mol. The summed E-state index contributed by atoms with van der Waals surface area (Å²) < 4.78 is 0. The number of carbonyl (C=O) groups excluding carboxylic acids is 2. The molecule has 1 N–H and O–H groups in total. The van der Waals surface area contributed by atoms with Crippen LogP contribution in [0.2, 0.25) is 0 Å². The maximum Gasteiger partial charge on any atom is 0.223 e. The van der Waals surface area contributed by atoms with E-state index in [9.17, 15) is 9.59 Å². The first-order valence-corrected chi connectivity index (χ1v) is 9.55. The lowest BCUT2D eigenvalue weighted by atomic mass is 9.98. The Labute approximate surface area is 141 Å². The van der Waals surface area contributed by atoms with E-state index in [0.29, 0.717) is 18.9 Å². The summed E-state index contributed by atoms with van der Waals surface area (Å²) in [6.45, 7) is 4.28. The largest absolute Gasteiger partial charge is 0.355 e. The average Bonchev–Trinajstić information content (AvgIpc) is 3.33. The summed E-state index contributed by atoms with van der Waals surface area (Å²) in [5.41, 5.74) is 1.06. The third kappa shape index (κ3) is 4.31. The van der Waals surface area contributed by atoms with E-state index in [0.717, 1.165) is 55.9 Å². The fraction of sp³-hybridized carbons (Fsp3) is 0.706. The summed E-state index contributed by atoms with van der Waals surface area (Å²) in [6.07, 6.45) is 5.63. The molecule has 1 aliphatic carbocycles. The normalized spacial score (nSPS) is 21.3. The van der Waals surface area contributed by atoms with Crippen molar-refractivity contribution in [2.24, 2.45) is 5.92 Å². The molecule has 0 radical (unpaired) electrons. The fourth-order valence-corrected chi connectivity index (χ4v) is 4.04. The van der Waals surface area contributed by atoms with Gasteiger partial charge in [-0.2, -0.15) is 0 Å². The standard InChI is InChI=1S/C17H25N3O2S/c1-2-15(21)20-9-3-4-13(10-20)17-19-14(11-23-17)7-8-18-16(22)12-5-6-12/h11-13H,2-10H2,1H3,(H,18,22)/t13-/m0/s1. The topological polar surface area (TPSA) is 62.3 Å². The smallest absolute Gasteiger partial charge is 0.223 e. The van der Waals surface area contributed by atoms with Gasteiger partial charge in [-0.05, 0) is 25.7 Å². The van der Waals surface area contributed by atoms with E-state index in [-0.39, 0.29) is 17.7 Å². The van der Waals surface area contributed by atoms with Crippen molar-refractivity contribution in [1.82, 2.24) is 15.2 Å². The van der Waals surface area contributed by atoms with Crippen LogP contribution in [0.1, 0.15) is 55.6 Å². The molecule has 0 aromatic carbocycles. The second-order valence-electron chi connectivity index (χ2n) is 6.52. The van der Waals surface area contributed by atoms with Crippen molar-refractivity contribution < 1.29 is 9.59 Å². The molecule has 3 rings (SSSR count). The summed E-state index contributed by atoms with van der Waals surface area (Å²) >= 11 is 1.69. The van der Waals surface area contributed by atoms with Crippen molar-refractivity contribution in [1.29, 1.82) is 0 Å². The molecule has 126 valence electrons. The fourth-order valence-electron chi connectivity index (χ4n) is 3.06. The summed E-state index contributed by atoms with van der Waals surface area (Å²) in [5.74, 6) is 1.08. The SMILES string of the molecule is CCC(=O)N1CCC[C@H](c2nc(CCNC(=O)C3CC3)cs2)C1. The van der Waals surface area contributed by atoms with Crippen molar-refractivity contribution in [3.8, 4) is 0 Å². The first-order chi connectivity index (χ1) is 11.2. The van der Waals surface area contributed by atoms with Crippen LogP contribution in [0.5, 0.6) is 0 Å². The van der Waals surface area contributed by atoms with E-state index in [1.54, 1.807) is 11.3 Å². The molecule has 1 aliphatic heterocycles. The number of piperidine rings is 1. The minimum absolute atomic E-state index is 0.196. The van der Waals surface area contributed by atoms with Gasteiger partial charge in [-0.15, -0.1) is 11.3 Å². The molecule has 0 spiro atoms. The van der Waals surface area contributed by atoms with Gasteiger partial charge in [0.2, 0.25) is 11.8 Å². The quantitative estimate of drug-likeness (QED) is 0.868. The minimum atomic E-state index is 0.196. The lowest BCUT2D eigenvalue weighted by molar-refractivity contribution is -0.132. The molecular formula is C17H25N3O2S. The molecule has 1 atom stereocenters. The Morgan fingerprint density at radius 1 is 1.39 bits per heavy atom. The zero-order chi connectivity index (χ0) is 16.2. The van der Waals surface area contributed by atoms with Gasteiger partial charge in [0.05, 0.1) is 10.7 Å². The van der Waals surface area contributed by atoms with Gasteiger partial charge in [0.25, 0.3) is 0 Å². The molecule has 1 aromatic heterocycles. The molecule has 6 heteroatoms. The van der Waals surface area contributed by atoms with Crippen LogP contribution in [-0.2, 0) is 16.0 Å². The molecule has 0 unspecified atom stereocenters. The van der Waals surface area contributed by atoms with Gasteiger partial charge in [0.1, 0.15) is 0 Å². The van der Waals surface area contributed by atoms with E-state index >= 15 is 0 Å². The van der Waals surface area contributed by atoms with E-state index in [4.69, 9.17) is 4.98 Å². The third-order valence-corrected chi connectivity index (χ3v) is 5.68. The van der Waals surface area contributed by atoms with Gasteiger partial charge in [-0.3, -0.25) is 9.59 Å². The van der Waals surface area contributed by atoms with E-state index in [2.05, 4.69) is 10.7 Å². The summed E-state index contributed by atoms with van der Waals surface area (Å²) in [4.78, 5) is 30.2. The number of hydrogen-bond acceptors (Lipinski definition) is 4. The van der Waals surface area contributed by atoms with Gasteiger partial charge in [0.15, 0.2) is 0 Å². The molecule has 23 heavy (non-hydrogen) atoms. The van der Waals surface area contributed by atoms with Crippen molar-refractivity contribution in [3.63, 3.8) is 0 Å². The Morgan fingerprint density at radius 3 is 2.96 bits per heavy atom. The Kier molecular flexibility index (Phi) is 5.30. The van der Waals surface area contributed by atoms with Crippen LogP contribution in [0.3, 0.4) is 0 Å². The monoisotopic (exact) mass is 335 g/mol. The Hall–Kier alpha value is -1.43. The van der Waals surface area contributed by atoms with Crippen LogP contribution in [0, 0.1) is 5.92 Å². The maximum atomic E-state index is 11.9. The van der Waals surface area contributed by atoms with E-state index in [1.165, 1.54) is 0 Å². The molecule has 2 aliphatic rings. The second-order valence-corrected chi connectivity index (χ2v) is 7.41. The zero-order valence-electron chi connectivity index (χ0n) is 13.7. The second kappa shape index (κ2) is 7.43. The predicted molar refractivity (Wildman–Crippen MR) is 90.4 cm³/mol. The number of aromatic nitrogens is 1. The van der Waals surface area contributed by atoms with E-state index < -0.39 is 0 Å². The first kappa shape index (κ1) is 16.4. The van der Waals surface area contributed by atoms with Gasteiger partial charge >= 0.3 is 0 Å². The molecule has 2 heterocycles. The summed E-state index contributed by atoms with van der Waals surface area (Å²) in [6, 6.07) is 0. The zero-order valence-corrected chi connectivity index (χ0v) is 14.5. The highest BCUT2D eigenvalue weighted by atomic mass is 32.1. The number of hydrogen-bond donors (Lipinski definition) is 1. The van der Waals surface area contributed by atoms with E-state index in [1.807, 2.05) is 11.8 Å². The highest BCUT2D eigenvalue weighted by Crippen LogP contribution is 2.30.